The van der Waals surface area contributed by atoms with Gasteiger partial charge in [0.05, 0.1) is 0 Å². The van der Waals surface area contributed by atoms with Gasteiger partial charge in [0.2, 0.25) is 0 Å². The van der Waals surface area contributed by atoms with Gasteiger partial charge in [0.1, 0.15) is 0 Å². The fourth-order valence-electron chi connectivity index (χ4n) is 6.51. The maximum atomic E-state index is 3.95. The van der Waals surface area contributed by atoms with Crippen LogP contribution in [0, 0.1) is 0 Å². The summed E-state index contributed by atoms with van der Waals surface area (Å²) >= 11 is 0. The summed E-state index contributed by atoms with van der Waals surface area (Å²) in [6, 6.07) is 50.9. The molecule has 0 amide bonds. The molecule has 0 heterocycles. The molecule has 0 aliphatic heterocycles. The summed E-state index contributed by atoms with van der Waals surface area (Å²) in [5.41, 5.74) is 9.87. The van der Waals surface area contributed by atoms with E-state index in [0.29, 0.717) is 0 Å². The van der Waals surface area contributed by atoms with E-state index in [0.717, 1.165) is 12.0 Å². The van der Waals surface area contributed by atoms with Crippen LogP contribution >= 0.6 is 0 Å². The van der Waals surface area contributed by atoms with Crippen molar-refractivity contribution < 1.29 is 0 Å². The van der Waals surface area contributed by atoms with Gasteiger partial charge in [0.25, 0.3) is 0 Å². The van der Waals surface area contributed by atoms with Crippen molar-refractivity contribution >= 4 is 37.9 Å². The summed E-state index contributed by atoms with van der Waals surface area (Å²) in [5, 5.41) is 7.61. The minimum atomic E-state index is 1.15. The lowest BCUT2D eigenvalue weighted by Crippen LogP contribution is -1.91. The molecule has 0 saturated carbocycles. The molecule has 0 atom stereocenters. The molecule has 0 aliphatic carbocycles. The van der Waals surface area contributed by atoms with Crippen LogP contribution in [-0.4, -0.2) is 0 Å². The Balaban J connectivity index is 0.000000632. The monoisotopic (exact) mass is 739 g/mol. The SMILES string of the molecule is C/C=C\C.C/C=C\CC.C=C/C(=C\C)c1ccc(-c2ccc3c(-c4c5ccccc5c(-c5ccccc5)c5ccccc45)cccc3c2)cc1.CC.CC.CC. The molecule has 0 aromatic heterocycles. The highest BCUT2D eigenvalue weighted by atomic mass is 14.2. The third-order valence-electron chi connectivity index (χ3n) is 9.03. The number of hydrogen-bond donors (Lipinski definition) is 0. The van der Waals surface area contributed by atoms with Gasteiger partial charge < -0.3 is 0 Å². The van der Waals surface area contributed by atoms with Gasteiger partial charge in [-0.1, -0.05) is 225 Å². The van der Waals surface area contributed by atoms with Crippen LogP contribution in [0.5, 0.6) is 0 Å². The van der Waals surface area contributed by atoms with Crippen LogP contribution in [0.4, 0.5) is 0 Å². The molecular weight excluding hydrogens is 673 g/mol. The molecule has 56 heavy (non-hydrogen) atoms. The van der Waals surface area contributed by atoms with E-state index >= 15 is 0 Å². The number of rotatable bonds is 6. The smallest absolute Gasteiger partial charge is 0.00201 e. The quantitative estimate of drug-likeness (QED) is 0.0905. The van der Waals surface area contributed by atoms with Gasteiger partial charge >= 0.3 is 0 Å². The zero-order chi connectivity index (χ0) is 41.3. The average Bonchev–Trinajstić information content (AvgIpc) is 3.28. The molecule has 0 spiro atoms. The van der Waals surface area contributed by atoms with Gasteiger partial charge in [-0.15, -0.1) is 0 Å². The van der Waals surface area contributed by atoms with Gasteiger partial charge in [-0.2, -0.15) is 0 Å². The summed E-state index contributed by atoms with van der Waals surface area (Å²) < 4.78 is 0. The second-order valence-corrected chi connectivity index (χ2v) is 12.1. The van der Waals surface area contributed by atoms with Crippen LogP contribution in [0.2, 0.25) is 0 Å². The summed E-state index contributed by atoms with van der Waals surface area (Å²) in [6.45, 7) is 26.2. The van der Waals surface area contributed by atoms with Crippen molar-refractivity contribution in [1.29, 1.82) is 0 Å². The van der Waals surface area contributed by atoms with Crippen LogP contribution in [0.15, 0.2) is 183 Å². The first kappa shape index (κ1) is 46.4. The minimum absolute atomic E-state index is 1.15. The third-order valence-corrected chi connectivity index (χ3v) is 9.03. The lowest BCUT2D eigenvalue weighted by Gasteiger charge is -2.19. The zero-order valence-electron chi connectivity index (χ0n) is 36.2. The maximum absolute atomic E-state index is 3.95. The molecule has 0 unspecified atom stereocenters. The zero-order valence-corrected chi connectivity index (χ0v) is 36.2. The Morgan fingerprint density at radius 3 is 1.41 bits per heavy atom. The lowest BCUT2D eigenvalue weighted by molar-refractivity contribution is 1.22. The molecule has 0 aliphatic rings. The van der Waals surface area contributed by atoms with Gasteiger partial charge in [-0.3, -0.25) is 0 Å². The van der Waals surface area contributed by atoms with Crippen LogP contribution in [0.25, 0.3) is 71.3 Å². The molecule has 290 valence electrons. The van der Waals surface area contributed by atoms with Crippen molar-refractivity contribution in [3.63, 3.8) is 0 Å². The van der Waals surface area contributed by atoms with Crippen molar-refractivity contribution in [2.24, 2.45) is 0 Å². The van der Waals surface area contributed by atoms with E-state index in [1.54, 1.807) is 0 Å². The van der Waals surface area contributed by atoms with Gasteiger partial charge in [-0.25, -0.2) is 0 Å². The van der Waals surface area contributed by atoms with Crippen molar-refractivity contribution in [2.75, 3.05) is 0 Å². The lowest BCUT2D eigenvalue weighted by atomic mass is 9.84. The maximum Gasteiger partial charge on any atom is -0.00201 e. The molecule has 7 rings (SSSR count). The first-order chi connectivity index (χ1) is 27.6. The summed E-state index contributed by atoms with van der Waals surface area (Å²) in [5.74, 6) is 0. The predicted molar refractivity (Wildman–Crippen MR) is 259 cm³/mol. The van der Waals surface area contributed by atoms with Crippen LogP contribution in [-0.2, 0) is 0 Å². The van der Waals surface area contributed by atoms with Crippen molar-refractivity contribution in [2.45, 2.75) is 82.6 Å². The van der Waals surface area contributed by atoms with E-state index < -0.39 is 0 Å². The van der Waals surface area contributed by atoms with Gasteiger partial charge in [-0.05, 0) is 117 Å². The largest absolute Gasteiger partial charge is 0.0985 e. The number of allylic oxidation sites excluding steroid dienone is 7. The molecule has 7 aromatic rings. The summed E-state index contributed by atoms with van der Waals surface area (Å²) in [6.07, 6.45) is 13.3. The minimum Gasteiger partial charge on any atom is -0.0985 e. The Hall–Kier alpha value is -5.72. The fourth-order valence-corrected chi connectivity index (χ4v) is 6.51. The van der Waals surface area contributed by atoms with E-state index in [-0.39, 0.29) is 0 Å². The molecule has 0 radical (unpaired) electrons. The van der Waals surface area contributed by atoms with Crippen LogP contribution in [0.3, 0.4) is 0 Å². The molecule has 0 heteroatoms. The molecule has 0 nitrogen and oxygen atoms in total. The highest BCUT2D eigenvalue weighted by Crippen LogP contribution is 2.45. The van der Waals surface area contributed by atoms with Crippen molar-refractivity contribution in [1.82, 2.24) is 0 Å². The highest BCUT2D eigenvalue weighted by molar-refractivity contribution is 6.23. The van der Waals surface area contributed by atoms with Crippen LogP contribution in [0.1, 0.15) is 88.1 Å². The molecule has 7 aromatic carbocycles. The second-order valence-electron chi connectivity index (χ2n) is 12.1. The average molecular weight is 739 g/mol. The summed E-state index contributed by atoms with van der Waals surface area (Å²) in [4.78, 5) is 0. The first-order valence-corrected chi connectivity index (χ1v) is 20.7. The van der Waals surface area contributed by atoms with Gasteiger partial charge in [0.15, 0.2) is 0 Å². The van der Waals surface area contributed by atoms with E-state index in [9.17, 15) is 0 Å². The molecular formula is C56H66. The summed E-state index contributed by atoms with van der Waals surface area (Å²) in [7, 11) is 0. The Kier molecular flexibility index (Phi) is 21.7. The Labute approximate surface area is 340 Å². The number of benzene rings is 7. The van der Waals surface area contributed by atoms with E-state index in [4.69, 9.17) is 0 Å². The molecule has 0 N–H and O–H groups in total. The second kappa shape index (κ2) is 26.1. The van der Waals surface area contributed by atoms with Crippen LogP contribution < -0.4 is 0 Å². The molecule has 0 fully saturated rings. The Bertz CT molecular complexity index is 2220. The van der Waals surface area contributed by atoms with E-state index in [1.165, 1.54) is 71.3 Å². The third kappa shape index (κ3) is 11.6. The standard InChI is InChI=1S/C41H30.C5H10.C4H8.3C2H6/c1-3-28(4-2)29-21-23-30(24-22-29)32-25-26-34-33(27-32)15-12-20-35(34)41-38-18-10-8-16-36(38)40(31-13-6-5-7-14-31)37-17-9-11-19-39(37)41;1-3-5-4-2;1-3-4-2;3*1-2/h3-27H,1H2,2H3;3,5H,4H2,1-2H3;3-4H,1-2H3;3*1-2H3/b28-4+;5-3-;4-3-;;;. The first-order valence-electron chi connectivity index (χ1n) is 20.7. The predicted octanol–water partition coefficient (Wildman–Crippen LogP) is 18.4. The Morgan fingerprint density at radius 1 is 0.464 bits per heavy atom. The van der Waals surface area contributed by atoms with Crippen molar-refractivity contribution in [3.8, 4) is 33.4 Å². The molecule has 0 saturated heterocycles. The Morgan fingerprint density at radius 2 is 0.964 bits per heavy atom. The topological polar surface area (TPSA) is 0 Å². The number of fused-ring (bicyclic) bond motifs is 3. The number of hydrogen-bond acceptors (Lipinski definition) is 0. The fraction of sp³-hybridized carbons (Fsp3) is 0.214. The normalized spacial score (nSPS) is 10.5. The van der Waals surface area contributed by atoms with E-state index in [1.807, 2.05) is 87.5 Å². The van der Waals surface area contributed by atoms with Crippen molar-refractivity contribution in [3.05, 3.63) is 188 Å². The van der Waals surface area contributed by atoms with Gasteiger partial charge in [0, 0.05) is 0 Å². The molecule has 0 bridgehead atoms. The van der Waals surface area contributed by atoms with E-state index in [2.05, 4.69) is 171 Å². The highest BCUT2D eigenvalue weighted by Gasteiger charge is 2.17.